The van der Waals surface area contributed by atoms with E-state index in [1.807, 2.05) is 0 Å². The zero-order valence-corrected chi connectivity index (χ0v) is 15.1. The fraction of sp³-hybridized carbons (Fsp3) is 0.667. The van der Waals surface area contributed by atoms with Gasteiger partial charge in [0.1, 0.15) is 0 Å². The number of benzene rings is 1. The second kappa shape index (κ2) is 8.84. The van der Waals surface area contributed by atoms with E-state index in [1.54, 1.807) is 0 Å². The minimum atomic E-state index is 0.390. The SMILES string of the molecule is CCCCC(CC)(CNC(C)C)Cc1cccc(Br)c1. The third kappa shape index (κ3) is 5.97. The Labute approximate surface area is 133 Å². The second-order valence-electron chi connectivity index (χ2n) is 6.30. The lowest BCUT2D eigenvalue weighted by atomic mass is 9.75. The standard InChI is InChI=1S/C18H30BrN/c1-5-7-11-18(6-2,14-20-15(3)4)13-16-9-8-10-17(19)12-16/h8-10,12,15,20H,5-7,11,13-14H2,1-4H3. The first-order valence-electron chi connectivity index (χ1n) is 7.99. The third-order valence-electron chi connectivity index (χ3n) is 4.16. The van der Waals surface area contributed by atoms with Gasteiger partial charge in [-0.1, -0.05) is 68.6 Å². The van der Waals surface area contributed by atoms with Crippen LogP contribution in [0.2, 0.25) is 0 Å². The van der Waals surface area contributed by atoms with E-state index in [4.69, 9.17) is 0 Å². The summed E-state index contributed by atoms with van der Waals surface area (Å²) in [5.74, 6) is 0. The van der Waals surface area contributed by atoms with E-state index in [9.17, 15) is 0 Å². The van der Waals surface area contributed by atoms with Crippen molar-refractivity contribution in [3.63, 3.8) is 0 Å². The zero-order chi connectivity index (χ0) is 15.0. The number of unbranched alkanes of at least 4 members (excludes halogenated alkanes) is 1. The molecule has 0 fully saturated rings. The summed E-state index contributed by atoms with van der Waals surface area (Å²) in [5, 5.41) is 3.67. The fourth-order valence-electron chi connectivity index (χ4n) is 2.72. The minimum absolute atomic E-state index is 0.390. The molecule has 0 aliphatic carbocycles. The van der Waals surface area contributed by atoms with Crippen LogP contribution in [0.15, 0.2) is 28.7 Å². The molecule has 1 N–H and O–H groups in total. The number of rotatable bonds is 9. The molecule has 1 unspecified atom stereocenters. The minimum Gasteiger partial charge on any atom is -0.314 e. The van der Waals surface area contributed by atoms with Crippen molar-refractivity contribution in [3.05, 3.63) is 34.3 Å². The van der Waals surface area contributed by atoms with Crippen LogP contribution in [0, 0.1) is 5.41 Å². The highest BCUT2D eigenvalue weighted by molar-refractivity contribution is 9.10. The van der Waals surface area contributed by atoms with Gasteiger partial charge in [0.2, 0.25) is 0 Å². The first-order chi connectivity index (χ1) is 9.51. The molecule has 0 saturated carbocycles. The first kappa shape index (κ1) is 17.7. The van der Waals surface area contributed by atoms with Gasteiger partial charge in [0.15, 0.2) is 0 Å². The van der Waals surface area contributed by atoms with Gasteiger partial charge in [0.25, 0.3) is 0 Å². The van der Waals surface area contributed by atoms with Crippen molar-refractivity contribution in [2.45, 2.75) is 65.8 Å². The number of halogens is 1. The topological polar surface area (TPSA) is 12.0 Å². The van der Waals surface area contributed by atoms with Crippen molar-refractivity contribution in [1.29, 1.82) is 0 Å². The molecular formula is C18H30BrN. The molecule has 0 amide bonds. The highest BCUT2D eigenvalue weighted by Gasteiger charge is 2.28. The average Bonchev–Trinajstić information content (AvgIpc) is 2.42. The third-order valence-corrected chi connectivity index (χ3v) is 4.66. The van der Waals surface area contributed by atoms with E-state index in [0.29, 0.717) is 11.5 Å². The Balaban J connectivity index is 2.83. The van der Waals surface area contributed by atoms with Crippen LogP contribution in [0.4, 0.5) is 0 Å². The van der Waals surface area contributed by atoms with E-state index in [-0.39, 0.29) is 0 Å². The molecule has 0 aliphatic rings. The summed E-state index contributed by atoms with van der Waals surface area (Å²) >= 11 is 3.59. The van der Waals surface area contributed by atoms with Crippen LogP contribution >= 0.6 is 15.9 Å². The molecule has 2 heteroatoms. The van der Waals surface area contributed by atoms with Crippen molar-refractivity contribution >= 4 is 15.9 Å². The Bertz CT molecular complexity index is 389. The Hall–Kier alpha value is -0.340. The monoisotopic (exact) mass is 339 g/mol. The predicted molar refractivity (Wildman–Crippen MR) is 93.2 cm³/mol. The molecule has 1 aromatic carbocycles. The van der Waals surface area contributed by atoms with Gasteiger partial charge < -0.3 is 5.32 Å². The summed E-state index contributed by atoms with van der Waals surface area (Å²) in [7, 11) is 0. The summed E-state index contributed by atoms with van der Waals surface area (Å²) in [6.07, 6.45) is 6.32. The van der Waals surface area contributed by atoms with Gasteiger partial charge in [-0.2, -0.15) is 0 Å². The largest absolute Gasteiger partial charge is 0.314 e. The van der Waals surface area contributed by atoms with Gasteiger partial charge in [-0.15, -0.1) is 0 Å². The van der Waals surface area contributed by atoms with Crippen LogP contribution < -0.4 is 5.32 Å². The predicted octanol–water partition coefficient (Wildman–Crippen LogP) is 5.58. The highest BCUT2D eigenvalue weighted by Crippen LogP contribution is 2.33. The molecule has 0 aromatic heterocycles. The number of hydrogen-bond donors (Lipinski definition) is 1. The molecule has 0 heterocycles. The normalized spacial score (nSPS) is 14.5. The highest BCUT2D eigenvalue weighted by atomic mass is 79.9. The molecule has 114 valence electrons. The molecule has 0 radical (unpaired) electrons. The number of hydrogen-bond acceptors (Lipinski definition) is 1. The quantitative estimate of drug-likeness (QED) is 0.619. The molecule has 1 aromatic rings. The van der Waals surface area contributed by atoms with E-state index in [1.165, 1.54) is 42.1 Å². The van der Waals surface area contributed by atoms with Crippen LogP contribution in [0.5, 0.6) is 0 Å². The number of nitrogens with one attached hydrogen (secondary N) is 1. The molecule has 0 saturated heterocycles. The molecule has 0 bridgehead atoms. The fourth-order valence-corrected chi connectivity index (χ4v) is 3.17. The van der Waals surface area contributed by atoms with Gasteiger partial charge in [0.05, 0.1) is 0 Å². The van der Waals surface area contributed by atoms with Crippen molar-refractivity contribution in [2.75, 3.05) is 6.54 Å². The maximum absolute atomic E-state index is 3.67. The molecule has 1 nitrogen and oxygen atoms in total. The maximum atomic E-state index is 3.67. The van der Waals surface area contributed by atoms with E-state index in [2.05, 4.69) is 73.2 Å². The van der Waals surface area contributed by atoms with Crippen LogP contribution in [0.1, 0.15) is 58.9 Å². The van der Waals surface area contributed by atoms with Crippen LogP contribution in [0.3, 0.4) is 0 Å². The smallest absolute Gasteiger partial charge is 0.0177 e. The summed E-state index contributed by atoms with van der Waals surface area (Å²) in [6.45, 7) is 10.2. The average molecular weight is 340 g/mol. The van der Waals surface area contributed by atoms with Crippen molar-refractivity contribution < 1.29 is 0 Å². The Kier molecular flexibility index (Phi) is 7.83. The van der Waals surface area contributed by atoms with E-state index in [0.717, 1.165) is 6.54 Å². The summed E-state index contributed by atoms with van der Waals surface area (Å²) in [5.41, 5.74) is 1.84. The van der Waals surface area contributed by atoms with Crippen LogP contribution in [-0.4, -0.2) is 12.6 Å². The Morgan fingerprint density at radius 3 is 2.55 bits per heavy atom. The van der Waals surface area contributed by atoms with Gasteiger partial charge in [0, 0.05) is 17.1 Å². The molecule has 1 atom stereocenters. The molecule has 1 rings (SSSR count). The van der Waals surface area contributed by atoms with Crippen LogP contribution in [-0.2, 0) is 6.42 Å². The lowest BCUT2D eigenvalue weighted by molar-refractivity contribution is 0.223. The summed E-state index contributed by atoms with van der Waals surface area (Å²) in [6, 6.07) is 9.35. The molecule has 20 heavy (non-hydrogen) atoms. The van der Waals surface area contributed by atoms with Crippen molar-refractivity contribution in [2.24, 2.45) is 5.41 Å². The van der Waals surface area contributed by atoms with Gasteiger partial charge in [-0.05, 0) is 42.4 Å². The lowest BCUT2D eigenvalue weighted by Crippen LogP contribution is -2.39. The summed E-state index contributed by atoms with van der Waals surface area (Å²) in [4.78, 5) is 0. The lowest BCUT2D eigenvalue weighted by Gasteiger charge is -2.34. The molecule has 0 aliphatic heterocycles. The zero-order valence-electron chi connectivity index (χ0n) is 13.5. The van der Waals surface area contributed by atoms with E-state index < -0.39 is 0 Å². The second-order valence-corrected chi connectivity index (χ2v) is 7.22. The van der Waals surface area contributed by atoms with Gasteiger partial charge in [-0.25, -0.2) is 0 Å². The van der Waals surface area contributed by atoms with Gasteiger partial charge in [-0.3, -0.25) is 0 Å². The molecular weight excluding hydrogens is 310 g/mol. The summed E-state index contributed by atoms with van der Waals surface area (Å²) < 4.78 is 1.19. The van der Waals surface area contributed by atoms with Gasteiger partial charge >= 0.3 is 0 Å². The Morgan fingerprint density at radius 1 is 1.25 bits per heavy atom. The first-order valence-corrected chi connectivity index (χ1v) is 8.78. The van der Waals surface area contributed by atoms with Crippen molar-refractivity contribution in [1.82, 2.24) is 5.32 Å². The Morgan fingerprint density at radius 2 is 2.00 bits per heavy atom. The van der Waals surface area contributed by atoms with E-state index >= 15 is 0 Å². The van der Waals surface area contributed by atoms with Crippen LogP contribution in [0.25, 0.3) is 0 Å². The maximum Gasteiger partial charge on any atom is 0.0177 e. The molecule has 0 spiro atoms. The van der Waals surface area contributed by atoms with Crippen molar-refractivity contribution in [3.8, 4) is 0 Å².